The highest BCUT2D eigenvalue weighted by Crippen LogP contribution is 2.56. The van der Waals surface area contributed by atoms with Crippen LogP contribution >= 0.6 is 0 Å². The molecule has 0 radical (unpaired) electrons. The molecule has 124 valence electrons. The normalized spacial score (nSPS) is 23.9. The molecule has 2 aromatic rings. The van der Waals surface area contributed by atoms with Crippen LogP contribution < -0.4 is 4.74 Å². The van der Waals surface area contributed by atoms with E-state index in [2.05, 4.69) is 0 Å². The number of allylic oxidation sites excluding steroid dienone is 1. The van der Waals surface area contributed by atoms with Gasteiger partial charge < -0.3 is 14.9 Å². The summed E-state index contributed by atoms with van der Waals surface area (Å²) in [6, 6.07) is 9.45. The second-order valence-corrected chi connectivity index (χ2v) is 6.43. The molecular formula is C19H16F2O3. The van der Waals surface area contributed by atoms with Gasteiger partial charge in [-0.2, -0.15) is 0 Å². The summed E-state index contributed by atoms with van der Waals surface area (Å²) in [6.07, 6.45) is 0.0351. The van der Waals surface area contributed by atoms with Crippen LogP contribution in [0.25, 0.3) is 0 Å². The Kier molecular flexibility index (Phi) is 3.10. The van der Waals surface area contributed by atoms with Gasteiger partial charge in [-0.1, -0.05) is 12.1 Å². The maximum Gasteiger partial charge on any atom is 0.267 e. The van der Waals surface area contributed by atoms with E-state index >= 15 is 0 Å². The molecule has 4 rings (SSSR count). The number of phenols is 2. The van der Waals surface area contributed by atoms with Crippen molar-refractivity contribution in [3.63, 3.8) is 0 Å². The summed E-state index contributed by atoms with van der Waals surface area (Å²) in [4.78, 5) is 0. The lowest BCUT2D eigenvalue weighted by molar-refractivity contribution is 0.0514. The number of phenolic OH excluding ortho intramolecular Hbond substituents is 2. The minimum Gasteiger partial charge on any atom is -0.508 e. The average Bonchev–Trinajstić information content (AvgIpc) is 2.83. The summed E-state index contributed by atoms with van der Waals surface area (Å²) in [7, 11) is 0. The Labute approximate surface area is 137 Å². The predicted molar refractivity (Wildman–Crippen MR) is 84.7 cm³/mol. The molecule has 2 N–H and O–H groups in total. The molecule has 1 heterocycles. The number of halogens is 2. The van der Waals surface area contributed by atoms with E-state index in [4.69, 9.17) is 4.74 Å². The van der Waals surface area contributed by atoms with Gasteiger partial charge in [-0.05, 0) is 54.0 Å². The zero-order valence-electron chi connectivity index (χ0n) is 13.0. The van der Waals surface area contributed by atoms with Crippen molar-refractivity contribution in [2.75, 3.05) is 0 Å². The first-order valence-electron chi connectivity index (χ1n) is 7.73. The molecule has 2 aromatic carbocycles. The second-order valence-electron chi connectivity index (χ2n) is 6.43. The molecule has 0 saturated heterocycles. The van der Waals surface area contributed by atoms with E-state index in [-0.39, 0.29) is 17.9 Å². The molecule has 5 heteroatoms. The minimum absolute atomic E-state index is 0.0486. The van der Waals surface area contributed by atoms with Crippen LogP contribution in [0.15, 0.2) is 48.0 Å². The van der Waals surface area contributed by atoms with E-state index < -0.39 is 17.9 Å². The zero-order chi connectivity index (χ0) is 17.1. The maximum absolute atomic E-state index is 14.1. The fourth-order valence-corrected chi connectivity index (χ4v) is 3.64. The molecule has 0 spiro atoms. The van der Waals surface area contributed by atoms with Crippen LogP contribution in [0.4, 0.5) is 8.78 Å². The van der Waals surface area contributed by atoms with Crippen molar-refractivity contribution in [3.05, 3.63) is 64.7 Å². The SMILES string of the molecule is Cc1cc(O)cc2c1OC(c1ccc(O)cc1)C1=CC(F)(F)C[C@@H]12. The summed E-state index contributed by atoms with van der Waals surface area (Å²) in [5.41, 5.74) is 2.53. The van der Waals surface area contributed by atoms with Gasteiger partial charge in [0.25, 0.3) is 5.92 Å². The van der Waals surface area contributed by atoms with Gasteiger partial charge in [0.2, 0.25) is 0 Å². The first-order valence-corrected chi connectivity index (χ1v) is 7.73. The lowest BCUT2D eigenvalue weighted by Gasteiger charge is -2.33. The van der Waals surface area contributed by atoms with Gasteiger partial charge in [0.15, 0.2) is 0 Å². The second kappa shape index (κ2) is 4.97. The van der Waals surface area contributed by atoms with E-state index in [1.165, 1.54) is 18.2 Å². The van der Waals surface area contributed by atoms with Crippen molar-refractivity contribution in [3.8, 4) is 17.2 Å². The summed E-state index contributed by atoms with van der Waals surface area (Å²) < 4.78 is 34.2. The van der Waals surface area contributed by atoms with Crippen molar-refractivity contribution in [1.29, 1.82) is 0 Å². The van der Waals surface area contributed by atoms with E-state index in [0.29, 0.717) is 28.0 Å². The Morgan fingerprint density at radius 2 is 1.79 bits per heavy atom. The average molecular weight is 330 g/mol. The lowest BCUT2D eigenvalue weighted by atomic mass is 9.83. The van der Waals surface area contributed by atoms with Crippen molar-refractivity contribution in [2.24, 2.45) is 0 Å². The Balaban J connectivity index is 1.88. The number of aromatic hydroxyl groups is 2. The molecule has 0 saturated carbocycles. The molecule has 2 atom stereocenters. The lowest BCUT2D eigenvalue weighted by Crippen LogP contribution is -2.21. The molecule has 0 fully saturated rings. The number of hydrogen-bond donors (Lipinski definition) is 2. The molecule has 1 aliphatic carbocycles. The Morgan fingerprint density at radius 1 is 1.08 bits per heavy atom. The van der Waals surface area contributed by atoms with Gasteiger partial charge in [0.05, 0.1) is 0 Å². The highest BCUT2D eigenvalue weighted by Gasteiger charge is 2.47. The highest BCUT2D eigenvalue weighted by molar-refractivity contribution is 5.56. The van der Waals surface area contributed by atoms with E-state index in [9.17, 15) is 19.0 Å². The van der Waals surface area contributed by atoms with E-state index in [0.717, 1.165) is 6.08 Å². The Bertz CT molecular complexity index is 840. The number of hydrogen-bond acceptors (Lipinski definition) is 3. The molecule has 1 unspecified atom stereocenters. The van der Waals surface area contributed by atoms with Crippen LogP contribution in [0.1, 0.15) is 35.1 Å². The topological polar surface area (TPSA) is 49.7 Å². The summed E-state index contributed by atoms with van der Waals surface area (Å²) in [5.74, 6) is -2.69. The number of aryl methyl sites for hydroxylation is 1. The molecule has 3 nitrogen and oxygen atoms in total. The number of fused-ring (bicyclic) bond motifs is 3. The van der Waals surface area contributed by atoms with E-state index in [1.807, 2.05) is 0 Å². The smallest absolute Gasteiger partial charge is 0.267 e. The van der Waals surface area contributed by atoms with E-state index in [1.54, 1.807) is 25.1 Å². The number of alkyl halides is 2. The fraction of sp³-hybridized carbons (Fsp3) is 0.263. The molecule has 2 aliphatic rings. The molecule has 0 amide bonds. The van der Waals surface area contributed by atoms with Gasteiger partial charge in [-0.15, -0.1) is 0 Å². The zero-order valence-corrected chi connectivity index (χ0v) is 13.0. The quantitative estimate of drug-likeness (QED) is 0.752. The van der Waals surface area contributed by atoms with Crippen LogP contribution in [0.5, 0.6) is 17.2 Å². The first kappa shape index (κ1) is 15.0. The molecule has 24 heavy (non-hydrogen) atoms. The minimum atomic E-state index is -2.90. The third-order valence-electron chi connectivity index (χ3n) is 4.65. The van der Waals surface area contributed by atoms with Crippen molar-refractivity contribution < 1.29 is 23.7 Å². The largest absolute Gasteiger partial charge is 0.508 e. The van der Waals surface area contributed by atoms with Gasteiger partial charge in [-0.25, -0.2) is 8.78 Å². The van der Waals surface area contributed by atoms with Gasteiger partial charge in [0, 0.05) is 17.9 Å². The Hall–Kier alpha value is -2.56. The maximum atomic E-state index is 14.1. The first-order chi connectivity index (χ1) is 11.3. The van der Waals surface area contributed by atoms with Crippen LogP contribution in [-0.2, 0) is 0 Å². The third-order valence-corrected chi connectivity index (χ3v) is 4.65. The monoisotopic (exact) mass is 330 g/mol. The number of benzene rings is 2. The van der Waals surface area contributed by atoms with Crippen LogP contribution in [-0.4, -0.2) is 16.1 Å². The summed E-state index contributed by atoms with van der Waals surface area (Å²) in [6.45, 7) is 1.79. The third kappa shape index (κ3) is 2.31. The molecule has 0 aromatic heterocycles. The van der Waals surface area contributed by atoms with Gasteiger partial charge >= 0.3 is 0 Å². The number of rotatable bonds is 1. The van der Waals surface area contributed by atoms with Gasteiger partial charge in [-0.3, -0.25) is 0 Å². The van der Waals surface area contributed by atoms with Crippen molar-refractivity contribution in [1.82, 2.24) is 0 Å². The highest BCUT2D eigenvalue weighted by atomic mass is 19.3. The van der Waals surface area contributed by atoms with Gasteiger partial charge in [0.1, 0.15) is 23.4 Å². The molecule has 0 bridgehead atoms. The van der Waals surface area contributed by atoms with Crippen LogP contribution in [0.2, 0.25) is 0 Å². The van der Waals surface area contributed by atoms with Crippen molar-refractivity contribution in [2.45, 2.75) is 31.3 Å². The Morgan fingerprint density at radius 3 is 2.50 bits per heavy atom. The molecule has 1 aliphatic heterocycles. The van der Waals surface area contributed by atoms with Crippen LogP contribution in [0.3, 0.4) is 0 Å². The van der Waals surface area contributed by atoms with Crippen molar-refractivity contribution >= 4 is 0 Å². The summed E-state index contributed by atoms with van der Waals surface area (Å²) in [5, 5.41) is 19.3. The fourth-order valence-electron chi connectivity index (χ4n) is 3.64. The summed E-state index contributed by atoms with van der Waals surface area (Å²) >= 11 is 0. The number of ether oxygens (including phenoxy) is 1. The molecular weight excluding hydrogens is 314 g/mol. The standard InChI is InChI=1S/C19H16F2O3/c1-10-6-13(23)7-14-15-8-19(20,21)9-16(15)18(24-17(10)14)11-2-4-12(22)5-3-11/h2-7,9,15,18,22-23H,8H2,1H3/t15-,18?/m1/s1. The van der Waals surface area contributed by atoms with Crippen LogP contribution in [0, 0.1) is 6.92 Å². The predicted octanol–water partition coefficient (Wildman–Crippen LogP) is 4.59.